The fourth-order valence-corrected chi connectivity index (χ4v) is 6.45. The summed E-state index contributed by atoms with van der Waals surface area (Å²) in [4.78, 5) is 29.6. The molecule has 0 bridgehead atoms. The number of hydrogen-bond donors (Lipinski definition) is 1. The highest BCUT2D eigenvalue weighted by molar-refractivity contribution is 7.92. The van der Waals surface area contributed by atoms with Crippen LogP contribution in [0.1, 0.15) is 36.5 Å². The summed E-state index contributed by atoms with van der Waals surface area (Å²) in [6, 6.07) is 26.5. The van der Waals surface area contributed by atoms with Gasteiger partial charge in [-0.1, -0.05) is 91.2 Å². The summed E-state index contributed by atoms with van der Waals surface area (Å²) in [5.41, 5.74) is 2.39. The van der Waals surface area contributed by atoms with Crippen LogP contribution in [0.15, 0.2) is 108 Å². The maximum atomic E-state index is 14.4. The molecule has 1 atom stereocenters. The summed E-state index contributed by atoms with van der Waals surface area (Å²) in [6.45, 7) is 3.60. The highest BCUT2D eigenvalue weighted by atomic mass is 35.5. The van der Waals surface area contributed by atoms with Crippen molar-refractivity contribution in [2.45, 2.75) is 50.6 Å². The molecule has 0 aromatic heterocycles. The molecule has 4 aromatic rings. The molecule has 10 heteroatoms. The Morgan fingerprint density at radius 3 is 2.18 bits per heavy atom. The fraction of sp³-hybridized carbons (Fsp3) is 0.257. The van der Waals surface area contributed by atoms with Gasteiger partial charge in [0.1, 0.15) is 18.4 Å². The maximum absolute atomic E-state index is 14.4. The summed E-state index contributed by atoms with van der Waals surface area (Å²) >= 11 is 6.52. The molecule has 45 heavy (non-hydrogen) atoms. The molecule has 0 aliphatic carbocycles. The Balaban J connectivity index is 1.79. The number of benzene rings is 4. The van der Waals surface area contributed by atoms with Crippen LogP contribution in [-0.4, -0.2) is 44.3 Å². The van der Waals surface area contributed by atoms with Crippen molar-refractivity contribution in [3.05, 3.63) is 131 Å². The van der Waals surface area contributed by atoms with Crippen molar-refractivity contribution in [2.24, 2.45) is 0 Å². The quantitative estimate of drug-likeness (QED) is 0.157. The van der Waals surface area contributed by atoms with E-state index in [0.29, 0.717) is 17.1 Å². The number of carbonyl (C=O) groups excluding carboxylic acids is 2. The lowest BCUT2D eigenvalue weighted by atomic mass is 10.0. The zero-order chi connectivity index (χ0) is 32.4. The highest BCUT2D eigenvalue weighted by Gasteiger charge is 2.34. The van der Waals surface area contributed by atoms with Crippen molar-refractivity contribution in [2.75, 3.05) is 17.4 Å². The van der Waals surface area contributed by atoms with Crippen LogP contribution in [0.25, 0.3) is 0 Å². The minimum atomic E-state index is -4.28. The number of nitrogens with one attached hydrogen (secondary N) is 1. The minimum Gasteiger partial charge on any atom is -0.354 e. The van der Waals surface area contributed by atoms with Crippen LogP contribution >= 0.6 is 11.6 Å². The molecule has 0 radical (unpaired) electrons. The number of halogens is 2. The van der Waals surface area contributed by atoms with Crippen LogP contribution in [0.4, 0.5) is 10.1 Å². The lowest BCUT2D eigenvalue weighted by Gasteiger charge is -2.34. The number of sulfonamides is 1. The van der Waals surface area contributed by atoms with Gasteiger partial charge in [0.25, 0.3) is 10.0 Å². The number of unbranched alkanes of at least 4 members (excludes halogenated alkanes) is 1. The second-order valence-corrected chi connectivity index (χ2v) is 13.0. The molecule has 236 valence electrons. The molecule has 7 nitrogen and oxygen atoms in total. The van der Waals surface area contributed by atoms with Crippen molar-refractivity contribution >= 4 is 39.1 Å². The smallest absolute Gasteiger partial charge is 0.264 e. The van der Waals surface area contributed by atoms with E-state index >= 15 is 0 Å². The Kier molecular flexibility index (Phi) is 11.7. The lowest BCUT2D eigenvalue weighted by Crippen LogP contribution is -2.53. The molecule has 1 unspecified atom stereocenters. The topological polar surface area (TPSA) is 86.8 Å². The van der Waals surface area contributed by atoms with E-state index in [-0.39, 0.29) is 29.5 Å². The molecule has 0 saturated heterocycles. The van der Waals surface area contributed by atoms with E-state index in [4.69, 9.17) is 11.6 Å². The van der Waals surface area contributed by atoms with Crippen LogP contribution in [0.5, 0.6) is 0 Å². The van der Waals surface area contributed by atoms with Gasteiger partial charge in [-0.3, -0.25) is 13.9 Å². The molecule has 0 saturated carbocycles. The average molecular weight is 650 g/mol. The lowest BCUT2D eigenvalue weighted by molar-refractivity contribution is -0.140. The minimum absolute atomic E-state index is 0.0268. The zero-order valence-corrected chi connectivity index (χ0v) is 26.9. The molecule has 4 aromatic carbocycles. The van der Waals surface area contributed by atoms with Gasteiger partial charge in [0.05, 0.1) is 10.6 Å². The number of rotatable bonds is 14. The van der Waals surface area contributed by atoms with Gasteiger partial charge in [-0.05, 0) is 66.9 Å². The largest absolute Gasteiger partial charge is 0.354 e. The van der Waals surface area contributed by atoms with Crippen molar-refractivity contribution in [3.8, 4) is 0 Å². The first-order valence-corrected chi connectivity index (χ1v) is 16.6. The molecule has 2 amide bonds. The van der Waals surface area contributed by atoms with E-state index in [1.807, 2.05) is 44.2 Å². The van der Waals surface area contributed by atoms with E-state index in [9.17, 15) is 22.4 Å². The van der Waals surface area contributed by atoms with E-state index < -0.39 is 34.3 Å². The van der Waals surface area contributed by atoms with Gasteiger partial charge in [0.2, 0.25) is 11.8 Å². The second-order valence-electron chi connectivity index (χ2n) is 10.8. The molecule has 0 spiro atoms. The predicted octanol–water partition coefficient (Wildman–Crippen LogP) is 6.54. The molecule has 4 rings (SSSR count). The molecule has 1 N–H and O–H groups in total. The number of hydrogen-bond acceptors (Lipinski definition) is 4. The summed E-state index contributed by atoms with van der Waals surface area (Å²) in [5.74, 6) is -1.53. The summed E-state index contributed by atoms with van der Waals surface area (Å²) < 4.78 is 42.9. The Morgan fingerprint density at radius 2 is 1.53 bits per heavy atom. The Morgan fingerprint density at radius 1 is 0.889 bits per heavy atom. The normalized spacial score (nSPS) is 11.9. The van der Waals surface area contributed by atoms with Crippen LogP contribution in [0.2, 0.25) is 5.02 Å². The summed E-state index contributed by atoms with van der Waals surface area (Å²) in [6.07, 6.45) is 1.82. The molecule has 0 fully saturated rings. The Bertz CT molecular complexity index is 1680. The second kappa shape index (κ2) is 15.7. The number of amides is 2. The van der Waals surface area contributed by atoms with Crippen molar-refractivity contribution < 1.29 is 22.4 Å². The summed E-state index contributed by atoms with van der Waals surface area (Å²) in [5, 5.41) is 3.36. The maximum Gasteiger partial charge on any atom is 0.264 e. The first-order valence-electron chi connectivity index (χ1n) is 14.8. The van der Waals surface area contributed by atoms with Gasteiger partial charge >= 0.3 is 0 Å². The average Bonchev–Trinajstić information content (AvgIpc) is 3.03. The van der Waals surface area contributed by atoms with E-state index in [2.05, 4.69) is 5.32 Å². The molecular weight excluding hydrogens is 613 g/mol. The van der Waals surface area contributed by atoms with Gasteiger partial charge in [-0.25, -0.2) is 12.8 Å². The van der Waals surface area contributed by atoms with E-state index in [1.54, 1.807) is 36.4 Å². The number of aryl methyl sites for hydroxylation is 1. The van der Waals surface area contributed by atoms with E-state index in [0.717, 1.165) is 40.4 Å². The van der Waals surface area contributed by atoms with Gasteiger partial charge in [-0.2, -0.15) is 0 Å². The monoisotopic (exact) mass is 649 g/mol. The van der Waals surface area contributed by atoms with Crippen LogP contribution in [0.3, 0.4) is 0 Å². The van der Waals surface area contributed by atoms with Crippen LogP contribution in [0, 0.1) is 12.7 Å². The van der Waals surface area contributed by atoms with Crippen LogP contribution < -0.4 is 9.62 Å². The van der Waals surface area contributed by atoms with E-state index in [1.165, 1.54) is 29.2 Å². The highest BCUT2D eigenvalue weighted by Crippen LogP contribution is 2.26. The predicted molar refractivity (Wildman–Crippen MR) is 176 cm³/mol. The first-order chi connectivity index (χ1) is 21.6. The van der Waals surface area contributed by atoms with Crippen molar-refractivity contribution in [1.29, 1.82) is 0 Å². The molecule has 0 aliphatic rings. The number of carbonyl (C=O) groups is 2. The van der Waals surface area contributed by atoms with Crippen molar-refractivity contribution in [3.63, 3.8) is 0 Å². The van der Waals surface area contributed by atoms with Gasteiger partial charge in [-0.15, -0.1) is 0 Å². The SMILES string of the molecule is CCCCNC(=O)C(Cc1ccccc1)N(Cc1ccccc1Cl)C(=O)CN(c1ccc(F)cc1)S(=O)(=O)c1ccc(C)cc1. The third kappa shape index (κ3) is 8.93. The third-order valence-corrected chi connectivity index (χ3v) is 9.56. The standard InChI is InChI=1S/C35H37ClFN3O4S/c1-3-4-22-38-35(42)33(23-27-10-6-5-7-11-27)39(24-28-12-8-9-13-32(28)36)34(41)25-40(30-18-16-29(37)17-19-30)45(43,44)31-20-14-26(2)15-21-31/h5-21,33H,3-4,22-25H2,1-2H3,(H,38,42). The first kappa shape index (κ1) is 33.7. The number of nitrogens with zero attached hydrogens (tertiary/aromatic N) is 2. The van der Waals surface area contributed by atoms with Gasteiger partial charge in [0.15, 0.2) is 0 Å². The molecule has 0 heterocycles. The zero-order valence-electron chi connectivity index (χ0n) is 25.3. The Hall–Kier alpha value is -4.21. The fourth-order valence-electron chi connectivity index (χ4n) is 4.84. The molecular formula is C35H37ClFN3O4S. The van der Waals surface area contributed by atoms with Gasteiger partial charge < -0.3 is 10.2 Å². The third-order valence-electron chi connectivity index (χ3n) is 7.40. The van der Waals surface area contributed by atoms with Gasteiger partial charge in [0, 0.05) is 24.5 Å². The van der Waals surface area contributed by atoms with Crippen LogP contribution in [-0.2, 0) is 32.6 Å². The molecule has 0 aliphatic heterocycles. The number of anilines is 1. The Labute approximate surface area is 269 Å². The van der Waals surface area contributed by atoms with Crippen molar-refractivity contribution in [1.82, 2.24) is 10.2 Å². The summed E-state index contributed by atoms with van der Waals surface area (Å²) in [7, 11) is -4.28.